The molecule has 1 N–H and O–H groups in total. The maximum Gasteiger partial charge on any atom is 0.223 e. The van der Waals surface area contributed by atoms with Crippen molar-refractivity contribution in [2.45, 2.75) is 57.9 Å². The molecule has 0 aliphatic heterocycles. The minimum Gasteiger partial charge on any atom is -0.494 e. The highest BCUT2D eigenvalue weighted by atomic mass is 16.5. The molecule has 0 atom stereocenters. The summed E-state index contributed by atoms with van der Waals surface area (Å²) in [5, 5.41) is 7.15. The van der Waals surface area contributed by atoms with Gasteiger partial charge in [0.1, 0.15) is 11.3 Å². The van der Waals surface area contributed by atoms with E-state index in [1.165, 1.54) is 6.92 Å². The summed E-state index contributed by atoms with van der Waals surface area (Å²) in [4.78, 5) is 28.0. The number of benzene rings is 1. The van der Waals surface area contributed by atoms with E-state index in [2.05, 4.69) is 15.5 Å². The first-order valence-electron chi connectivity index (χ1n) is 9.34. The highest BCUT2D eigenvalue weighted by Crippen LogP contribution is 2.37. The fourth-order valence-electron chi connectivity index (χ4n) is 3.41. The molecule has 1 saturated carbocycles. The summed E-state index contributed by atoms with van der Waals surface area (Å²) in [6, 6.07) is 7.01. The van der Waals surface area contributed by atoms with Crippen molar-refractivity contribution in [1.82, 2.24) is 15.5 Å². The number of hydrogen-bond acceptors (Lipinski definition) is 6. The summed E-state index contributed by atoms with van der Waals surface area (Å²) in [6.45, 7) is 3.71. The number of Topliss-reactive ketones (excluding diaryl/α,β-unsaturated/α-hetero) is 1. The minimum absolute atomic E-state index is 0.0239. The second-order valence-electron chi connectivity index (χ2n) is 7.01. The van der Waals surface area contributed by atoms with Gasteiger partial charge in [0.05, 0.1) is 6.61 Å². The summed E-state index contributed by atoms with van der Waals surface area (Å²) >= 11 is 0. The first-order chi connectivity index (χ1) is 13.0. The Labute approximate surface area is 158 Å². The van der Waals surface area contributed by atoms with Gasteiger partial charge in [-0.1, -0.05) is 18.0 Å². The minimum atomic E-state index is -0.502. The van der Waals surface area contributed by atoms with Crippen molar-refractivity contribution in [2.24, 2.45) is 0 Å². The van der Waals surface area contributed by atoms with Gasteiger partial charge < -0.3 is 14.6 Å². The smallest absolute Gasteiger partial charge is 0.223 e. The first kappa shape index (κ1) is 19.1. The molecule has 2 aromatic rings. The van der Waals surface area contributed by atoms with E-state index in [0.29, 0.717) is 42.5 Å². The number of ether oxygens (including phenoxy) is 1. The Balaban J connectivity index is 1.47. The molecule has 1 aromatic carbocycles. The number of carbonyl (C=O) groups is 2. The van der Waals surface area contributed by atoms with Crippen LogP contribution in [0, 0.1) is 6.92 Å². The van der Waals surface area contributed by atoms with Crippen LogP contribution in [0.4, 0.5) is 0 Å². The van der Waals surface area contributed by atoms with E-state index in [1.54, 1.807) is 31.2 Å². The van der Waals surface area contributed by atoms with E-state index < -0.39 is 5.54 Å². The van der Waals surface area contributed by atoms with E-state index in [4.69, 9.17) is 9.26 Å². The van der Waals surface area contributed by atoms with Gasteiger partial charge in [-0.3, -0.25) is 9.59 Å². The van der Waals surface area contributed by atoms with Crippen molar-refractivity contribution in [2.75, 3.05) is 6.61 Å². The van der Waals surface area contributed by atoms with Crippen LogP contribution in [0.1, 0.15) is 67.5 Å². The standard InChI is InChI=1S/C20H25N3O4/c1-14(24)16-7-9-17(10-8-16)26-13-5-6-18(25)22-20(11-3-4-12-20)19-21-15(2)27-23-19/h7-10H,3-6,11-13H2,1-2H3,(H,22,25). The lowest BCUT2D eigenvalue weighted by Crippen LogP contribution is -2.44. The molecule has 7 nitrogen and oxygen atoms in total. The number of aromatic nitrogens is 2. The number of amides is 1. The van der Waals surface area contributed by atoms with E-state index in [-0.39, 0.29) is 11.7 Å². The summed E-state index contributed by atoms with van der Waals surface area (Å²) in [5.74, 6) is 1.77. The van der Waals surface area contributed by atoms with Crippen LogP contribution in [0.3, 0.4) is 0 Å². The molecule has 0 spiro atoms. The molecule has 1 fully saturated rings. The second-order valence-corrected chi connectivity index (χ2v) is 7.01. The zero-order chi connectivity index (χ0) is 19.3. The van der Waals surface area contributed by atoms with Crippen LogP contribution < -0.4 is 10.1 Å². The lowest BCUT2D eigenvalue weighted by Gasteiger charge is -2.26. The number of aryl methyl sites for hydroxylation is 1. The molecule has 27 heavy (non-hydrogen) atoms. The molecule has 1 amide bonds. The number of carbonyl (C=O) groups excluding carboxylic acids is 2. The fourth-order valence-corrected chi connectivity index (χ4v) is 3.41. The van der Waals surface area contributed by atoms with E-state index in [0.717, 1.165) is 25.7 Å². The highest BCUT2D eigenvalue weighted by Gasteiger charge is 2.41. The summed E-state index contributed by atoms with van der Waals surface area (Å²) < 4.78 is 10.7. The van der Waals surface area contributed by atoms with E-state index in [1.807, 2.05) is 0 Å². The molecule has 7 heteroatoms. The molecule has 0 bridgehead atoms. The summed E-state index contributed by atoms with van der Waals surface area (Å²) in [7, 11) is 0. The van der Waals surface area contributed by atoms with Gasteiger partial charge in [0.15, 0.2) is 11.6 Å². The highest BCUT2D eigenvalue weighted by molar-refractivity contribution is 5.94. The number of nitrogens with zero attached hydrogens (tertiary/aromatic N) is 2. The molecule has 1 heterocycles. The third-order valence-electron chi connectivity index (χ3n) is 4.87. The van der Waals surface area contributed by atoms with Gasteiger partial charge in [-0.2, -0.15) is 4.98 Å². The topological polar surface area (TPSA) is 94.3 Å². The lowest BCUT2D eigenvalue weighted by molar-refractivity contribution is -0.123. The van der Waals surface area contributed by atoms with Crippen molar-refractivity contribution >= 4 is 11.7 Å². The predicted octanol–water partition coefficient (Wildman–Crippen LogP) is 3.33. The van der Waals surface area contributed by atoms with Crippen molar-refractivity contribution < 1.29 is 18.8 Å². The van der Waals surface area contributed by atoms with Gasteiger partial charge in [-0.05, 0) is 50.5 Å². The third-order valence-corrected chi connectivity index (χ3v) is 4.87. The fraction of sp³-hybridized carbons (Fsp3) is 0.500. The molecule has 1 aliphatic carbocycles. The average molecular weight is 371 g/mol. The van der Waals surface area contributed by atoms with Gasteiger partial charge in [-0.15, -0.1) is 0 Å². The Hall–Kier alpha value is -2.70. The summed E-state index contributed by atoms with van der Waals surface area (Å²) in [6.07, 6.45) is 4.69. The van der Waals surface area contributed by atoms with Crippen LogP contribution in [-0.2, 0) is 10.3 Å². The maximum atomic E-state index is 12.4. The van der Waals surface area contributed by atoms with Crippen LogP contribution in [0.2, 0.25) is 0 Å². The van der Waals surface area contributed by atoms with Crippen LogP contribution in [0.15, 0.2) is 28.8 Å². The monoisotopic (exact) mass is 371 g/mol. The molecule has 144 valence electrons. The zero-order valence-corrected chi connectivity index (χ0v) is 15.8. The normalized spacial score (nSPS) is 15.5. The van der Waals surface area contributed by atoms with Gasteiger partial charge in [0.25, 0.3) is 0 Å². The average Bonchev–Trinajstić information content (AvgIpc) is 3.29. The predicted molar refractivity (Wildman–Crippen MR) is 98.5 cm³/mol. The number of hydrogen-bond donors (Lipinski definition) is 1. The Morgan fingerprint density at radius 3 is 2.52 bits per heavy atom. The van der Waals surface area contributed by atoms with Gasteiger partial charge >= 0.3 is 0 Å². The number of nitrogens with one attached hydrogen (secondary N) is 1. The van der Waals surface area contributed by atoms with Crippen LogP contribution in [0.5, 0.6) is 5.75 Å². The van der Waals surface area contributed by atoms with Crippen molar-refractivity contribution in [3.05, 3.63) is 41.5 Å². The molecule has 0 unspecified atom stereocenters. The maximum absolute atomic E-state index is 12.4. The Morgan fingerprint density at radius 1 is 1.22 bits per heavy atom. The molecule has 3 rings (SSSR count). The Kier molecular flexibility index (Phi) is 5.88. The largest absolute Gasteiger partial charge is 0.494 e. The van der Waals surface area contributed by atoms with Crippen molar-refractivity contribution in [3.63, 3.8) is 0 Å². The second kappa shape index (κ2) is 8.33. The van der Waals surface area contributed by atoms with Crippen molar-refractivity contribution in [3.8, 4) is 5.75 Å². The van der Waals surface area contributed by atoms with Crippen LogP contribution in [-0.4, -0.2) is 28.4 Å². The van der Waals surface area contributed by atoms with E-state index >= 15 is 0 Å². The lowest BCUT2D eigenvalue weighted by atomic mass is 9.96. The van der Waals surface area contributed by atoms with Gasteiger partial charge in [-0.25, -0.2) is 0 Å². The van der Waals surface area contributed by atoms with Crippen molar-refractivity contribution in [1.29, 1.82) is 0 Å². The number of ketones is 1. The Bertz CT molecular complexity index is 792. The summed E-state index contributed by atoms with van der Waals surface area (Å²) in [5.41, 5.74) is 0.151. The van der Waals surface area contributed by atoms with Gasteiger partial charge in [0.2, 0.25) is 11.8 Å². The zero-order valence-electron chi connectivity index (χ0n) is 15.8. The quantitative estimate of drug-likeness (QED) is 0.565. The van der Waals surface area contributed by atoms with Crippen LogP contribution in [0.25, 0.3) is 0 Å². The molecule has 0 saturated heterocycles. The SMILES string of the molecule is CC(=O)c1ccc(OCCCC(=O)NC2(c3noc(C)n3)CCCC2)cc1. The Morgan fingerprint density at radius 2 is 1.93 bits per heavy atom. The number of rotatable bonds is 8. The van der Waals surface area contributed by atoms with E-state index in [9.17, 15) is 9.59 Å². The molecular weight excluding hydrogens is 346 g/mol. The first-order valence-corrected chi connectivity index (χ1v) is 9.34. The molecule has 0 radical (unpaired) electrons. The molecule has 1 aliphatic rings. The third kappa shape index (κ3) is 4.72. The molecular formula is C20H25N3O4. The van der Waals surface area contributed by atoms with Gasteiger partial charge in [0, 0.05) is 18.9 Å². The van der Waals surface area contributed by atoms with Crippen LogP contribution >= 0.6 is 0 Å². The molecule has 1 aromatic heterocycles.